The molecule has 2 rings (SSSR count). The van der Waals surface area contributed by atoms with Crippen LogP contribution in [0, 0.1) is 0 Å². The zero-order valence-electron chi connectivity index (χ0n) is 6.23. The average Bonchev–Trinajstić information content (AvgIpc) is 2.42. The van der Waals surface area contributed by atoms with Gasteiger partial charge in [0.25, 0.3) is 0 Å². The molecule has 3 N–H and O–H groups in total. The second-order valence-corrected chi connectivity index (χ2v) is 3.24. The second kappa shape index (κ2) is 2.68. The van der Waals surface area contributed by atoms with Crippen LogP contribution in [0.5, 0.6) is 0 Å². The van der Waals surface area contributed by atoms with Crippen LogP contribution in [0.25, 0.3) is 11.1 Å². The van der Waals surface area contributed by atoms with Crippen molar-refractivity contribution in [1.82, 2.24) is 4.98 Å². The van der Waals surface area contributed by atoms with Crippen molar-refractivity contribution in [2.75, 3.05) is 5.73 Å². The molecule has 1 aromatic carbocycles. The number of oxazole rings is 1. The third kappa shape index (κ3) is 1.18. The van der Waals surface area contributed by atoms with Crippen LogP contribution in [0.1, 0.15) is 0 Å². The summed E-state index contributed by atoms with van der Waals surface area (Å²) in [7, 11) is 0. The van der Waals surface area contributed by atoms with Gasteiger partial charge in [-0.25, -0.2) is 4.79 Å². The van der Waals surface area contributed by atoms with Gasteiger partial charge < -0.3 is 10.2 Å². The Morgan fingerprint density at radius 1 is 1.38 bits per heavy atom. The molecule has 0 amide bonds. The number of anilines is 1. The first-order chi connectivity index (χ1) is 6.09. The maximum atomic E-state index is 10.8. The summed E-state index contributed by atoms with van der Waals surface area (Å²) < 4.78 is 4.75. The van der Waals surface area contributed by atoms with Crippen molar-refractivity contribution in [3.63, 3.8) is 0 Å². The van der Waals surface area contributed by atoms with Gasteiger partial charge in [0.2, 0.25) is 0 Å². The Morgan fingerprint density at radius 2 is 2.08 bits per heavy atom. The molecule has 0 unspecified atom stereocenters. The number of hydrogen-bond donors (Lipinski definition) is 2. The molecule has 0 atom stereocenters. The Morgan fingerprint density at radius 3 is 2.77 bits per heavy atom. The first-order valence-electron chi connectivity index (χ1n) is 3.36. The van der Waals surface area contributed by atoms with Gasteiger partial charge in [-0.3, -0.25) is 4.98 Å². The van der Waals surface area contributed by atoms with Crippen molar-refractivity contribution in [3.8, 4) is 0 Å². The molecule has 0 bridgehead atoms. The Bertz CT molecular complexity index is 529. The van der Waals surface area contributed by atoms with Gasteiger partial charge in [-0.2, -0.15) is 0 Å². The minimum Gasteiger partial charge on any atom is -0.406 e. The summed E-state index contributed by atoms with van der Waals surface area (Å²) in [4.78, 5) is 13.2. The maximum absolute atomic E-state index is 10.8. The van der Waals surface area contributed by atoms with Crippen LogP contribution < -0.4 is 11.5 Å². The molecular weight excluding hydrogens is 215 g/mol. The second-order valence-electron chi connectivity index (χ2n) is 2.48. The van der Waals surface area contributed by atoms with E-state index in [1.165, 1.54) is 6.07 Å². The van der Waals surface area contributed by atoms with Crippen molar-refractivity contribution in [3.05, 3.63) is 26.7 Å². The van der Waals surface area contributed by atoms with E-state index in [9.17, 15) is 4.79 Å². The number of aromatic nitrogens is 1. The van der Waals surface area contributed by atoms with E-state index < -0.39 is 5.76 Å². The number of benzene rings is 1. The van der Waals surface area contributed by atoms with Crippen LogP contribution in [0.3, 0.4) is 0 Å². The number of nitrogens with one attached hydrogen (secondary N) is 1. The molecule has 1 aromatic heterocycles. The highest BCUT2D eigenvalue weighted by Gasteiger charge is 2.12. The lowest BCUT2D eigenvalue weighted by molar-refractivity contribution is 0.555. The van der Waals surface area contributed by atoms with Crippen molar-refractivity contribution in [2.24, 2.45) is 0 Å². The quantitative estimate of drug-likeness (QED) is 0.665. The van der Waals surface area contributed by atoms with E-state index >= 15 is 0 Å². The highest BCUT2D eigenvalue weighted by Crippen LogP contribution is 2.34. The summed E-state index contributed by atoms with van der Waals surface area (Å²) in [5.74, 6) is -0.585. The van der Waals surface area contributed by atoms with E-state index in [0.29, 0.717) is 11.2 Å². The van der Waals surface area contributed by atoms with Gasteiger partial charge in [0.15, 0.2) is 5.58 Å². The fraction of sp³-hybridized carbons (Fsp3) is 0. The zero-order valence-corrected chi connectivity index (χ0v) is 7.74. The van der Waals surface area contributed by atoms with Crippen LogP contribution in [-0.4, -0.2) is 4.98 Å². The number of nitrogen functional groups attached to an aromatic ring is 1. The van der Waals surface area contributed by atoms with Crippen molar-refractivity contribution in [1.29, 1.82) is 0 Å². The standard InChI is InChI=1S/C7H4Cl2N2O2/c8-4-2(10)1-3-6(5(4)9)13-7(12)11-3/h1H,10H2,(H,11,12). The monoisotopic (exact) mass is 218 g/mol. The van der Waals surface area contributed by atoms with E-state index in [2.05, 4.69) is 4.98 Å². The number of hydrogen-bond acceptors (Lipinski definition) is 3. The summed E-state index contributed by atoms with van der Waals surface area (Å²) in [5.41, 5.74) is 6.49. The van der Waals surface area contributed by atoms with Crippen LogP contribution in [0.15, 0.2) is 15.3 Å². The normalized spacial score (nSPS) is 10.9. The summed E-state index contributed by atoms with van der Waals surface area (Å²) >= 11 is 11.5. The number of aromatic amines is 1. The van der Waals surface area contributed by atoms with E-state index in [-0.39, 0.29) is 15.6 Å². The molecule has 1 heterocycles. The number of fused-ring (bicyclic) bond motifs is 1. The highest BCUT2D eigenvalue weighted by molar-refractivity contribution is 6.46. The molecule has 4 nitrogen and oxygen atoms in total. The summed E-state index contributed by atoms with van der Waals surface area (Å²) in [5, 5.41) is 0.340. The fourth-order valence-corrected chi connectivity index (χ4v) is 1.44. The maximum Gasteiger partial charge on any atom is 0.417 e. The Balaban J connectivity index is 3.00. The topological polar surface area (TPSA) is 72.0 Å². The third-order valence-electron chi connectivity index (χ3n) is 1.62. The van der Waals surface area contributed by atoms with Gasteiger partial charge >= 0.3 is 5.76 Å². The number of H-pyrrole nitrogens is 1. The van der Waals surface area contributed by atoms with Gasteiger partial charge in [0, 0.05) is 0 Å². The zero-order chi connectivity index (χ0) is 9.59. The fourth-order valence-electron chi connectivity index (χ4n) is 1.05. The van der Waals surface area contributed by atoms with Crippen molar-refractivity contribution < 1.29 is 4.42 Å². The van der Waals surface area contributed by atoms with E-state index in [4.69, 9.17) is 33.4 Å². The molecule has 0 spiro atoms. The molecule has 0 radical (unpaired) electrons. The number of halogens is 2. The predicted molar refractivity (Wildman–Crippen MR) is 51.3 cm³/mol. The van der Waals surface area contributed by atoms with Crippen molar-refractivity contribution >= 4 is 40.0 Å². The summed E-state index contributed by atoms with van der Waals surface area (Å²) in [6.45, 7) is 0. The molecule has 0 saturated carbocycles. The Hall–Kier alpha value is -1.13. The lowest BCUT2D eigenvalue weighted by Gasteiger charge is -1.99. The summed E-state index contributed by atoms with van der Waals surface area (Å²) in [6.07, 6.45) is 0. The molecule has 0 aliphatic rings. The molecular formula is C7H4Cl2N2O2. The van der Waals surface area contributed by atoms with Gasteiger partial charge in [-0.05, 0) is 6.07 Å². The predicted octanol–water partition coefficient (Wildman–Crippen LogP) is 2.01. The molecule has 0 aliphatic carbocycles. The van der Waals surface area contributed by atoms with E-state index in [0.717, 1.165) is 0 Å². The average molecular weight is 219 g/mol. The summed E-state index contributed by atoms with van der Waals surface area (Å²) in [6, 6.07) is 1.49. The minimum absolute atomic E-state index is 0.148. The number of nitrogens with two attached hydrogens (primary N) is 1. The van der Waals surface area contributed by atoms with Crippen LogP contribution in [0.2, 0.25) is 10.0 Å². The van der Waals surface area contributed by atoms with Gasteiger partial charge in [0.05, 0.1) is 16.2 Å². The molecule has 2 aromatic rings. The van der Waals surface area contributed by atoms with Crippen LogP contribution >= 0.6 is 23.2 Å². The van der Waals surface area contributed by atoms with Crippen LogP contribution in [0.4, 0.5) is 5.69 Å². The molecule has 0 fully saturated rings. The molecule has 68 valence electrons. The van der Waals surface area contributed by atoms with E-state index in [1.54, 1.807) is 0 Å². The molecule has 13 heavy (non-hydrogen) atoms. The van der Waals surface area contributed by atoms with Gasteiger partial charge in [-0.1, -0.05) is 23.2 Å². The van der Waals surface area contributed by atoms with Crippen LogP contribution in [-0.2, 0) is 0 Å². The molecule has 0 saturated heterocycles. The minimum atomic E-state index is -0.585. The molecule has 0 aliphatic heterocycles. The third-order valence-corrected chi connectivity index (χ3v) is 2.49. The van der Waals surface area contributed by atoms with Gasteiger partial charge in [-0.15, -0.1) is 0 Å². The first-order valence-corrected chi connectivity index (χ1v) is 4.11. The lowest BCUT2D eigenvalue weighted by Crippen LogP contribution is -1.93. The SMILES string of the molecule is Nc1cc2[nH]c(=O)oc2c(Cl)c1Cl. The highest BCUT2D eigenvalue weighted by atomic mass is 35.5. The lowest BCUT2D eigenvalue weighted by atomic mass is 10.3. The Kier molecular flexibility index (Phi) is 1.75. The number of rotatable bonds is 0. The largest absolute Gasteiger partial charge is 0.417 e. The Labute approximate surface area is 82.2 Å². The first kappa shape index (κ1) is 8.47. The van der Waals surface area contributed by atoms with Crippen molar-refractivity contribution in [2.45, 2.75) is 0 Å². The van der Waals surface area contributed by atoms with E-state index in [1.807, 2.05) is 0 Å². The molecule has 6 heteroatoms. The smallest absolute Gasteiger partial charge is 0.406 e. The van der Waals surface area contributed by atoms with Gasteiger partial charge in [0.1, 0.15) is 5.02 Å².